The number of aliphatic hydroxyl groups is 1. The Bertz CT molecular complexity index is 365. The molecule has 3 fully saturated rings. The summed E-state index contributed by atoms with van der Waals surface area (Å²) in [6, 6.07) is 0. The van der Waals surface area contributed by atoms with Crippen molar-refractivity contribution in [1.29, 1.82) is 0 Å². The lowest BCUT2D eigenvalue weighted by molar-refractivity contribution is -0.907. The van der Waals surface area contributed by atoms with E-state index in [1.807, 2.05) is 4.90 Å². The van der Waals surface area contributed by atoms with Crippen LogP contribution in [0.3, 0.4) is 0 Å². The zero-order valence-electron chi connectivity index (χ0n) is 13.0. The largest absolute Gasteiger partial charge is 0.378 e. The van der Waals surface area contributed by atoms with Crippen molar-refractivity contribution in [3.05, 3.63) is 0 Å². The Kier molecular flexibility index (Phi) is 4.82. The van der Waals surface area contributed by atoms with Crippen LogP contribution in [0, 0.1) is 0 Å². The second-order valence-electron chi connectivity index (χ2n) is 7.04. The molecular weight excluding hydrogens is 268 g/mol. The predicted molar refractivity (Wildman–Crippen MR) is 79.2 cm³/mol. The van der Waals surface area contributed by atoms with Gasteiger partial charge in [0, 0.05) is 19.5 Å². The molecule has 2 N–H and O–H groups in total. The first-order chi connectivity index (χ1) is 10.2. The van der Waals surface area contributed by atoms with Crippen molar-refractivity contribution in [2.75, 3.05) is 39.3 Å². The third-order valence-electron chi connectivity index (χ3n) is 5.24. The molecule has 21 heavy (non-hydrogen) atoms. The highest BCUT2D eigenvalue weighted by molar-refractivity contribution is 5.85. The summed E-state index contributed by atoms with van der Waals surface area (Å²) in [4.78, 5) is 16.0. The Morgan fingerprint density at radius 2 is 1.81 bits per heavy atom. The summed E-state index contributed by atoms with van der Waals surface area (Å²) in [5.41, 5.74) is -1.27. The molecule has 120 valence electrons. The fourth-order valence-corrected chi connectivity index (χ4v) is 4.00. The van der Waals surface area contributed by atoms with Crippen LogP contribution >= 0.6 is 0 Å². The average Bonchev–Trinajstić information content (AvgIpc) is 2.91. The van der Waals surface area contributed by atoms with Crippen LogP contribution in [-0.2, 0) is 9.53 Å². The summed E-state index contributed by atoms with van der Waals surface area (Å²) in [5, 5.41) is 10.7. The number of amides is 1. The van der Waals surface area contributed by atoms with Crippen molar-refractivity contribution >= 4 is 5.91 Å². The summed E-state index contributed by atoms with van der Waals surface area (Å²) in [7, 11) is 0. The Labute approximate surface area is 127 Å². The van der Waals surface area contributed by atoms with E-state index in [-0.39, 0.29) is 18.6 Å². The van der Waals surface area contributed by atoms with Crippen molar-refractivity contribution in [2.24, 2.45) is 0 Å². The molecule has 0 aromatic rings. The Balaban J connectivity index is 1.52. The van der Waals surface area contributed by atoms with Crippen LogP contribution in [0.25, 0.3) is 0 Å². The quantitative estimate of drug-likeness (QED) is 0.744. The normalized spacial score (nSPS) is 35.1. The third kappa shape index (κ3) is 3.58. The number of carbonyl (C=O) groups is 1. The number of nitrogens with one attached hydrogen (secondary N) is 1. The van der Waals surface area contributed by atoms with E-state index in [9.17, 15) is 9.90 Å². The van der Waals surface area contributed by atoms with E-state index in [2.05, 4.69) is 0 Å². The lowest BCUT2D eigenvalue weighted by Crippen LogP contribution is -3.13. The van der Waals surface area contributed by atoms with Gasteiger partial charge in [0.15, 0.2) is 5.60 Å². The van der Waals surface area contributed by atoms with Gasteiger partial charge >= 0.3 is 0 Å². The van der Waals surface area contributed by atoms with Gasteiger partial charge in [0.25, 0.3) is 5.91 Å². The van der Waals surface area contributed by atoms with Gasteiger partial charge in [-0.1, -0.05) is 0 Å². The van der Waals surface area contributed by atoms with E-state index in [0.717, 1.165) is 32.5 Å². The number of ether oxygens (including phenoxy) is 1. The summed E-state index contributed by atoms with van der Waals surface area (Å²) in [6.45, 7) is 5.12. The van der Waals surface area contributed by atoms with E-state index >= 15 is 0 Å². The average molecular weight is 297 g/mol. The highest BCUT2D eigenvalue weighted by Crippen LogP contribution is 2.27. The predicted octanol–water partition coefficient (Wildman–Crippen LogP) is -0.412. The molecule has 2 atom stereocenters. The lowest BCUT2D eigenvalue weighted by atomic mass is 9.96. The molecule has 3 saturated heterocycles. The first-order valence-corrected chi connectivity index (χ1v) is 8.64. The first-order valence-electron chi connectivity index (χ1n) is 8.64. The molecule has 0 unspecified atom stereocenters. The van der Waals surface area contributed by atoms with Crippen LogP contribution in [0.2, 0.25) is 0 Å². The molecule has 3 aliphatic rings. The molecule has 3 heterocycles. The van der Waals surface area contributed by atoms with Gasteiger partial charge in [-0.05, 0) is 38.5 Å². The SMILES string of the molecule is O=C(N1CCCCC1)[C@]1(O)CO[C@H](C[NH+]2CCCCC2)C1. The number of likely N-dealkylation sites (tertiary alicyclic amines) is 2. The maximum atomic E-state index is 12.5. The van der Waals surface area contributed by atoms with Crippen molar-refractivity contribution in [3.63, 3.8) is 0 Å². The van der Waals surface area contributed by atoms with Crippen LogP contribution in [0.15, 0.2) is 0 Å². The maximum Gasteiger partial charge on any atom is 0.257 e. The zero-order chi connectivity index (χ0) is 14.7. The molecule has 0 spiro atoms. The number of piperidine rings is 2. The molecule has 5 nitrogen and oxygen atoms in total. The number of carbonyl (C=O) groups excluding carboxylic acids is 1. The summed E-state index contributed by atoms with van der Waals surface area (Å²) >= 11 is 0. The van der Waals surface area contributed by atoms with Gasteiger partial charge in [0.2, 0.25) is 0 Å². The van der Waals surface area contributed by atoms with Gasteiger partial charge in [0.1, 0.15) is 12.6 Å². The monoisotopic (exact) mass is 297 g/mol. The minimum Gasteiger partial charge on any atom is -0.378 e. The summed E-state index contributed by atoms with van der Waals surface area (Å²) in [5.74, 6) is -0.0988. The molecule has 0 aliphatic carbocycles. The number of hydrogen-bond acceptors (Lipinski definition) is 3. The summed E-state index contributed by atoms with van der Waals surface area (Å²) < 4.78 is 5.76. The molecule has 0 saturated carbocycles. The third-order valence-corrected chi connectivity index (χ3v) is 5.24. The molecule has 0 aromatic carbocycles. The van der Waals surface area contributed by atoms with Crippen molar-refractivity contribution in [3.8, 4) is 0 Å². The number of quaternary nitrogens is 1. The van der Waals surface area contributed by atoms with E-state index in [4.69, 9.17) is 4.74 Å². The fourth-order valence-electron chi connectivity index (χ4n) is 4.00. The zero-order valence-corrected chi connectivity index (χ0v) is 13.0. The first kappa shape index (κ1) is 15.3. The van der Waals surface area contributed by atoms with Gasteiger partial charge in [-0.2, -0.15) is 0 Å². The molecule has 3 aliphatic heterocycles. The standard InChI is InChI=1S/C16H28N2O3/c19-15(18-9-5-2-6-10-18)16(20)11-14(21-13-16)12-17-7-3-1-4-8-17/h14,20H,1-13H2/p+1/t14-,16+/m0/s1. The van der Waals surface area contributed by atoms with Crippen LogP contribution in [-0.4, -0.2) is 66.9 Å². The molecular formula is C16H29N2O3+. The lowest BCUT2D eigenvalue weighted by Gasteiger charge is -2.32. The van der Waals surface area contributed by atoms with Gasteiger partial charge in [-0.25, -0.2) is 0 Å². The topological polar surface area (TPSA) is 54.2 Å². The van der Waals surface area contributed by atoms with E-state index in [1.165, 1.54) is 38.8 Å². The van der Waals surface area contributed by atoms with E-state index in [0.29, 0.717) is 6.42 Å². The van der Waals surface area contributed by atoms with Crippen LogP contribution < -0.4 is 4.90 Å². The number of rotatable bonds is 3. The van der Waals surface area contributed by atoms with Gasteiger partial charge in [0.05, 0.1) is 19.7 Å². The Hall–Kier alpha value is -0.650. The molecule has 0 aromatic heterocycles. The van der Waals surface area contributed by atoms with Gasteiger partial charge < -0.3 is 19.6 Å². The number of nitrogens with zero attached hydrogens (tertiary/aromatic N) is 1. The molecule has 5 heteroatoms. The fraction of sp³-hybridized carbons (Fsp3) is 0.938. The highest BCUT2D eigenvalue weighted by Gasteiger charge is 2.47. The van der Waals surface area contributed by atoms with Crippen LogP contribution in [0.4, 0.5) is 0 Å². The molecule has 0 bridgehead atoms. The second-order valence-corrected chi connectivity index (χ2v) is 7.04. The highest BCUT2D eigenvalue weighted by atomic mass is 16.5. The van der Waals surface area contributed by atoms with Gasteiger partial charge in [-0.3, -0.25) is 4.79 Å². The Morgan fingerprint density at radius 1 is 1.14 bits per heavy atom. The number of hydrogen-bond donors (Lipinski definition) is 2. The molecule has 0 radical (unpaired) electrons. The van der Waals surface area contributed by atoms with Crippen molar-refractivity contribution in [1.82, 2.24) is 4.90 Å². The van der Waals surface area contributed by atoms with Crippen molar-refractivity contribution in [2.45, 2.75) is 56.7 Å². The minimum absolute atomic E-state index is 0.0387. The Morgan fingerprint density at radius 3 is 2.52 bits per heavy atom. The van der Waals surface area contributed by atoms with E-state index in [1.54, 1.807) is 4.90 Å². The van der Waals surface area contributed by atoms with E-state index < -0.39 is 5.60 Å². The van der Waals surface area contributed by atoms with Crippen LogP contribution in [0.1, 0.15) is 44.9 Å². The maximum absolute atomic E-state index is 12.5. The van der Waals surface area contributed by atoms with Crippen molar-refractivity contribution < 1.29 is 19.5 Å². The molecule has 1 amide bonds. The van der Waals surface area contributed by atoms with Crippen LogP contribution in [0.5, 0.6) is 0 Å². The minimum atomic E-state index is -1.27. The smallest absolute Gasteiger partial charge is 0.257 e. The second kappa shape index (κ2) is 6.63. The summed E-state index contributed by atoms with van der Waals surface area (Å²) in [6.07, 6.45) is 7.75. The molecule has 3 rings (SSSR count). The van der Waals surface area contributed by atoms with Gasteiger partial charge in [-0.15, -0.1) is 0 Å².